The first-order valence-electron chi connectivity index (χ1n) is 13.1. The smallest absolute Gasteiger partial charge is 0.308 e. The molecule has 2 aliphatic rings. The average Bonchev–Trinajstić information content (AvgIpc) is 3.27. The molecule has 1 fully saturated rings. The number of esters is 1. The van der Waals surface area contributed by atoms with Crippen LogP contribution in [0.25, 0.3) is 0 Å². The van der Waals surface area contributed by atoms with E-state index in [4.69, 9.17) is 4.74 Å². The number of nitriles is 1. The van der Waals surface area contributed by atoms with E-state index in [-0.39, 0.29) is 29.7 Å². The Balaban J connectivity index is 2.30. The summed E-state index contributed by atoms with van der Waals surface area (Å²) in [6, 6.07) is 2.10. The van der Waals surface area contributed by atoms with Crippen molar-refractivity contribution in [2.75, 3.05) is 0 Å². The Kier molecular flexibility index (Phi) is 11.5. The lowest BCUT2D eigenvalue weighted by molar-refractivity contribution is -0.159. The lowest BCUT2D eigenvalue weighted by atomic mass is 9.82. The van der Waals surface area contributed by atoms with E-state index in [9.17, 15) is 30.2 Å². The van der Waals surface area contributed by atoms with Crippen molar-refractivity contribution < 1.29 is 29.6 Å². The molecule has 0 saturated heterocycles. The second-order valence-electron chi connectivity index (χ2n) is 11.1. The number of hydrogen-bond donors (Lipinski definition) is 3. The molecule has 0 spiro atoms. The molecule has 0 aromatic heterocycles. The molecule has 1 heterocycles. The van der Waals surface area contributed by atoms with Gasteiger partial charge >= 0.3 is 11.9 Å². The van der Waals surface area contributed by atoms with Gasteiger partial charge in [-0.15, -0.1) is 0 Å². The van der Waals surface area contributed by atoms with Crippen molar-refractivity contribution in [1.29, 1.82) is 5.26 Å². The number of rotatable bonds is 2. The fourth-order valence-electron chi connectivity index (χ4n) is 5.97. The Morgan fingerprint density at radius 1 is 1.06 bits per heavy atom. The van der Waals surface area contributed by atoms with Crippen molar-refractivity contribution >= 4 is 11.9 Å². The Morgan fingerprint density at radius 3 is 2.34 bits per heavy atom. The molecule has 0 bridgehead atoms. The molecule has 1 unspecified atom stereocenters. The predicted octanol–water partition coefficient (Wildman–Crippen LogP) is 4.64. The van der Waals surface area contributed by atoms with Gasteiger partial charge in [0.2, 0.25) is 0 Å². The SMILES string of the molecule is CC1C[C@H](C)C[C@H](C)[C@@H](O)CC(=O)O[C@H]([C@@H]2CCC[C@H]2C(=O)O)C/C=C\C=C(/C#N)[C@H](O)[C@@H](C)C1. The number of cyclic esters (lactones) is 1. The molecule has 3 N–H and O–H groups in total. The molecule has 0 radical (unpaired) electrons. The third-order valence-electron chi connectivity index (χ3n) is 7.80. The number of carbonyl (C=O) groups is 2. The monoisotopic (exact) mass is 489 g/mol. The number of carboxylic acids is 1. The highest BCUT2D eigenvalue weighted by Gasteiger charge is 2.39. The van der Waals surface area contributed by atoms with E-state index in [1.165, 1.54) is 0 Å². The highest BCUT2D eigenvalue weighted by Crippen LogP contribution is 2.37. The number of carbonyl (C=O) groups excluding carboxylic acids is 1. The summed E-state index contributed by atoms with van der Waals surface area (Å²) >= 11 is 0. The van der Waals surface area contributed by atoms with Crippen LogP contribution in [0.4, 0.5) is 0 Å². The number of aliphatic carboxylic acids is 1. The molecular formula is C28H43NO6. The number of aliphatic hydroxyl groups excluding tert-OH is 2. The van der Waals surface area contributed by atoms with E-state index in [0.29, 0.717) is 31.1 Å². The van der Waals surface area contributed by atoms with Crippen LogP contribution in [0, 0.1) is 46.8 Å². The van der Waals surface area contributed by atoms with Gasteiger partial charge in [0.1, 0.15) is 6.10 Å². The number of allylic oxidation sites excluding steroid dienone is 2. The van der Waals surface area contributed by atoms with Gasteiger partial charge in [0.25, 0.3) is 0 Å². The Hall–Kier alpha value is -2.17. The van der Waals surface area contributed by atoms with Gasteiger partial charge in [0, 0.05) is 12.3 Å². The molecule has 0 aromatic carbocycles. The maximum atomic E-state index is 12.7. The minimum absolute atomic E-state index is 0.0816. The fraction of sp³-hybridized carbons (Fsp3) is 0.750. The summed E-state index contributed by atoms with van der Waals surface area (Å²) in [6.45, 7) is 8.16. The zero-order valence-corrected chi connectivity index (χ0v) is 21.6. The van der Waals surface area contributed by atoms with Crippen LogP contribution in [-0.4, -0.2) is 45.6 Å². The molecule has 9 atom stereocenters. The zero-order chi connectivity index (χ0) is 26.1. The molecule has 0 aromatic rings. The lowest BCUT2D eigenvalue weighted by Crippen LogP contribution is -2.34. The van der Waals surface area contributed by atoms with Gasteiger partial charge in [-0.25, -0.2) is 0 Å². The standard InChI is InChI=1S/C28H43NO6/c1-17-12-18(2)14-20(4)27(32)21(16-29)8-5-6-11-25(22-9-7-10-23(22)28(33)34)35-26(31)15-24(30)19(3)13-17/h5-6,8,17-20,22-25,27,30,32H,7,9-15H2,1-4H3,(H,33,34)/b6-5-,21-8+/t17-,18?,19-,20-,22+,23+,24-,25-,27+/m0/s1. The summed E-state index contributed by atoms with van der Waals surface area (Å²) < 4.78 is 5.77. The maximum absolute atomic E-state index is 12.7. The van der Waals surface area contributed by atoms with E-state index in [1.807, 2.05) is 13.8 Å². The van der Waals surface area contributed by atoms with E-state index in [0.717, 1.165) is 25.7 Å². The molecule has 1 aliphatic carbocycles. The maximum Gasteiger partial charge on any atom is 0.308 e. The van der Waals surface area contributed by atoms with Crippen LogP contribution < -0.4 is 0 Å². The van der Waals surface area contributed by atoms with Crippen molar-refractivity contribution in [3.63, 3.8) is 0 Å². The fourth-order valence-corrected chi connectivity index (χ4v) is 5.97. The van der Waals surface area contributed by atoms with Crippen LogP contribution in [0.1, 0.15) is 79.1 Å². The van der Waals surface area contributed by atoms with E-state index >= 15 is 0 Å². The van der Waals surface area contributed by atoms with Gasteiger partial charge in [0.05, 0.1) is 36.2 Å². The molecule has 35 heavy (non-hydrogen) atoms. The largest absolute Gasteiger partial charge is 0.481 e. The predicted molar refractivity (Wildman–Crippen MR) is 133 cm³/mol. The highest BCUT2D eigenvalue weighted by molar-refractivity contribution is 5.72. The summed E-state index contributed by atoms with van der Waals surface area (Å²) in [5, 5.41) is 40.6. The van der Waals surface area contributed by atoms with E-state index in [2.05, 4.69) is 19.9 Å². The molecular weight excluding hydrogens is 446 g/mol. The van der Waals surface area contributed by atoms with Gasteiger partial charge in [0.15, 0.2) is 0 Å². The lowest BCUT2D eigenvalue weighted by Gasteiger charge is -2.28. The van der Waals surface area contributed by atoms with Gasteiger partial charge in [-0.05, 0) is 61.9 Å². The van der Waals surface area contributed by atoms with Crippen molar-refractivity contribution in [2.45, 2.75) is 97.4 Å². The first-order chi connectivity index (χ1) is 16.5. The van der Waals surface area contributed by atoms with Crippen LogP contribution in [0.2, 0.25) is 0 Å². The molecule has 7 heteroatoms. The first-order valence-corrected chi connectivity index (χ1v) is 13.1. The second-order valence-corrected chi connectivity index (χ2v) is 11.1. The molecule has 7 nitrogen and oxygen atoms in total. The molecule has 1 saturated carbocycles. The number of aliphatic hydroxyl groups is 2. The minimum atomic E-state index is -0.882. The summed E-state index contributed by atoms with van der Waals surface area (Å²) in [6.07, 6.45) is 7.33. The number of hydrogen-bond acceptors (Lipinski definition) is 6. The van der Waals surface area contributed by atoms with Crippen molar-refractivity contribution in [2.24, 2.45) is 35.5 Å². The molecule has 0 amide bonds. The second kappa shape index (κ2) is 13.8. The molecule has 1 aliphatic heterocycles. The first kappa shape index (κ1) is 29.1. The van der Waals surface area contributed by atoms with Gasteiger partial charge in [-0.1, -0.05) is 46.3 Å². The quantitative estimate of drug-likeness (QED) is 0.482. The van der Waals surface area contributed by atoms with E-state index < -0.39 is 36.2 Å². The minimum Gasteiger partial charge on any atom is -0.481 e. The van der Waals surface area contributed by atoms with Crippen molar-refractivity contribution in [1.82, 2.24) is 0 Å². The van der Waals surface area contributed by atoms with Crippen molar-refractivity contribution in [3.05, 3.63) is 23.8 Å². The van der Waals surface area contributed by atoms with Crippen LogP contribution >= 0.6 is 0 Å². The number of ether oxygens (including phenoxy) is 1. The molecule has 2 rings (SSSR count). The Morgan fingerprint density at radius 2 is 1.71 bits per heavy atom. The van der Waals surface area contributed by atoms with Gasteiger partial charge in [-0.3, -0.25) is 9.59 Å². The van der Waals surface area contributed by atoms with Crippen molar-refractivity contribution in [3.8, 4) is 6.07 Å². The van der Waals surface area contributed by atoms with E-state index in [1.54, 1.807) is 18.2 Å². The van der Waals surface area contributed by atoms with Gasteiger partial charge < -0.3 is 20.1 Å². The summed E-state index contributed by atoms with van der Waals surface area (Å²) in [7, 11) is 0. The number of carboxylic acid groups (broad SMARTS) is 1. The van der Waals surface area contributed by atoms with Crippen LogP contribution in [-0.2, 0) is 14.3 Å². The summed E-state index contributed by atoms with van der Waals surface area (Å²) in [5.74, 6) is -1.77. The third-order valence-corrected chi connectivity index (χ3v) is 7.80. The van der Waals surface area contributed by atoms with Crippen LogP contribution in [0.5, 0.6) is 0 Å². The van der Waals surface area contributed by atoms with Crippen LogP contribution in [0.3, 0.4) is 0 Å². The summed E-state index contributed by atoms with van der Waals surface area (Å²) in [5.41, 5.74) is 0.282. The third kappa shape index (κ3) is 8.77. The normalized spacial score (nSPS) is 40.9. The highest BCUT2D eigenvalue weighted by atomic mass is 16.5. The zero-order valence-electron chi connectivity index (χ0n) is 21.6. The average molecular weight is 490 g/mol. The Labute approximate surface area is 209 Å². The van der Waals surface area contributed by atoms with Crippen LogP contribution in [0.15, 0.2) is 23.8 Å². The topological polar surface area (TPSA) is 128 Å². The Bertz CT molecular complexity index is 815. The summed E-state index contributed by atoms with van der Waals surface area (Å²) in [4.78, 5) is 24.5. The number of nitrogens with zero attached hydrogens (tertiary/aromatic N) is 1. The van der Waals surface area contributed by atoms with Gasteiger partial charge in [-0.2, -0.15) is 5.26 Å². The molecule has 196 valence electrons.